The van der Waals surface area contributed by atoms with Crippen LogP contribution in [0.5, 0.6) is 0 Å². The van der Waals surface area contributed by atoms with Crippen LogP contribution in [0.15, 0.2) is 59.1 Å². The summed E-state index contributed by atoms with van der Waals surface area (Å²) in [7, 11) is -3.71. The van der Waals surface area contributed by atoms with Crippen molar-refractivity contribution in [2.24, 2.45) is 4.99 Å². The predicted octanol–water partition coefficient (Wildman–Crippen LogP) is 3.51. The largest absolute Gasteiger partial charge is 0.324 e. The van der Waals surface area contributed by atoms with Crippen molar-refractivity contribution in [3.8, 4) is 0 Å². The third-order valence-electron chi connectivity index (χ3n) is 4.87. The molecule has 0 radical (unpaired) electrons. The third-order valence-corrected chi connectivity index (χ3v) is 6.41. The number of nitrogens with one attached hydrogen (secondary N) is 2. The Balaban J connectivity index is 1.80. The molecule has 0 aliphatic carbocycles. The van der Waals surface area contributed by atoms with E-state index in [4.69, 9.17) is 0 Å². The summed E-state index contributed by atoms with van der Waals surface area (Å²) in [6, 6.07) is 15.0. The number of anilines is 1. The minimum absolute atomic E-state index is 0.171. The maximum Gasteiger partial charge on any atom is 0.264 e. The molecule has 2 aromatic carbocycles. The maximum absolute atomic E-state index is 12.6. The molecule has 0 unspecified atom stereocenters. The van der Waals surface area contributed by atoms with Crippen molar-refractivity contribution in [2.75, 3.05) is 11.9 Å². The van der Waals surface area contributed by atoms with Crippen molar-refractivity contribution in [1.29, 1.82) is 0 Å². The first kappa shape index (κ1) is 20.8. The minimum atomic E-state index is -3.71. The van der Waals surface area contributed by atoms with Crippen LogP contribution >= 0.6 is 0 Å². The zero-order valence-electron chi connectivity index (χ0n) is 16.8. The van der Waals surface area contributed by atoms with E-state index in [0.717, 1.165) is 29.7 Å². The molecular weight excluding hydrogens is 386 g/mol. The second-order valence-corrected chi connectivity index (χ2v) is 8.45. The van der Waals surface area contributed by atoms with Gasteiger partial charge in [0, 0.05) is 11.3 Å². The molecule has 3 rings (SSSR count). The smallest absolute Gasteiger partial charge is 0.264 e. The van der Waals surface area contributed by atoms with Gasteiger partial charge in [-0.2, -0.15) is 0 Å². The molecule has 2 aromatic rings. The standard InChI is InChI=1S/C22H25N3O3S/c1-4-16-10-12-18(13-11-16)21-15(3)22(25-29(21,27)28)23-14-20(26)24-19-9-7-6-8-17(19)5-2/h6-13H,4-5,14H2,1-3H3,(H,23,25)(H,24,26). The van der Waals surface area contributed by atoms with Crippen LogP contribution in [0.25, 0.3) is 4.91 Å². The molecule has 1 heterocycles. The summed E-state index contributed by atoms with van der Waals surface area (Å²) in [5, 5.41) is 2.84. The number of rotatable bonds is 6. The number of aryl methyl sites for hydroxylation is 2. The molecule has 2 N–H and O–H groups in total. The van der Waals surface area contributed by atoms with Crippen molar-refractivity contribution in [3.63, 3.8) is 0 Å². The molecule has 0 bridgehead atoms. The van der Waals surface area contributed by atoms with Gasteiger partial charge in [0.1, 0.15) is 17.3 Å². The lowest BCUT2D eigenvalue weighted by Crippen LogP contribution is -2.25. The number of aliphatic imine (C=N–C) groups is 1. The number of hydrogen-bond donors (Lipinski definition) is 2. The van der Waals surface area contributed by atoms with Crippen molar-refractivity contribution < 1.29 is 13.2 Å². The lowest BCUT2D eigenvalue weighted by Gasteiger charge is -2.08. The van der Waals surface area contributed by atoms with E-state index < -0.39 is 10.0 Å². The van der Waals surface area contributed by atoms with Gasteiger partial charge in [0.2, 0.25) is 5.91 Å². The van der Waals surface area contributed by atoms with Crippen LogP contribution in [0.3, 0.4) is 0 Å². The van der Waals surface area contributed by atoms with Crippen molar-refractivity contribution in [2.45, 2.75) is 33.6 Å². The number of nitrogens with zero attached hydrogens (tertiary/aromatic N) is 1. The Morgan fingerprint density at radius 3 is 2.38 bits per heavy atom. The number of benzene rings is 2. The van der Waals surface area contributed by atoms with E-state index in [1.807, 2.05) is 50.2 Å². The fourth-order valence-corrected chi connectivity index (χ4v) is 4.79. The molecular formula is C22H25N3O3S. The number of para-hydroxylation sites is 1. The van der Waals surface area contributed by atoms with Gasteiger partial charge in [0.25, 0.3) is 10.0 Å². The first-order chi connectivity index (χ1) is 13.9. The van der Waals surface area contributed by atoms with Crippen LogP contribution < -0.4 is 10.0 Å². The van der Waals surface area contributed by atoms with Gasteiger partial charge >= 0.3 is 0 Å². The van der Waals surface area contributed by atoms with Crippen LogP contribution in [0.4, 0.5) is 5.69 Å². The van der Waals surface area contributed by atoms with E-state index in [1.54, 1.807) is 19.1 Å². The van der Waals surface area contributed by atoms with Crippen LogP contribution in [0, 0.1) is 0 Å². The molecule has 1 aliphatic rings. The normalized spacial score (nSPS) is 16.7. The number of hydrogen-bond acceptors (Lipinski definition) is 4. The predicted molar refractivity (Wildman–Crippen MR) is 117 cm³/mol. The van der Waals surface area contributed by atoms with Crippen LogP contribution in [-0.4, -0.2) is 26.7 Å². The molecule has 152 valence electrons. The van der Waals surface area contributed by atoms with E-state index >= 15 is 0 Å². The van der Waals surface area contributed by atoms with E-state index in [1.165, 1.54) is 0 Å². The van der Waals surface area contributed by atoms with Gasteiger partial charge < -0.3 is 5.32 Å². The number of amides is 1. The molecule has 1 amide bonds. The van der Waals surface area contributed by atoms with Crippen molar-refractivity contribution >= 4 is 32.4 Å². The highest BCUT2D eigenvalue weighted by Gasteiger charge is 2.32. The Morgan fingerprint density at radius 2 is 1.72 bits per heavy atom. The van der Waals surface area contributed by atoms with Crippen molar-refractivity contribution in [3.05, 3.63) is 70.8 Å². The van der Waals surface area contributed by atoms with Crippen molar-refractivity contribution in [1.82, 2.24) is 4.72 Å². The Kier molecular flexibility index (Phi) is 6.17. The number of sulfonamides is 1. The highest BCUT2D eigenvalue weighted by Crippen LogP contribution is 2.30. The molecule has 6 nitrogen and oxygen atoms in total. The lowest BCUT2D eigenvalue weighted by atomic mass is 10.1. The fraction of sp³-hybridized carbons (Fsp3) is 0.273. The summed E-state index contributed by atoms with van der Waals surface area (Å²) in [5.74, 6) is -0.0929. The van der Waals surface area contributed by atoms with Gasteiger partial charge in [-0.15, -0.1) is 0 Å². The van der Waals surface area contributed by atoms with Gasteiger partial charge in [-0.05, 0) is 42.5 Å². The summed E-state index contributed by atoms with van der Waals surface area (Å²) >= 11 is 0. The Morgan fingerprint density at radius 1 is 1.03 bits per heavy atom. The summed E-state index contributed by atoms with van der Waals surface area (Å²) in [5.41, 5.74) is 4.03. The van der Waals surface area contributed by atoms with Gasteiger partial charge in [-0.1, -0.05) is 56.3 Å². The van der Waals surface area contributed by atoms with Gasteiger partial charge in [-0.3, -0.25) is 14.5 Å². The third kappa shape index (κ3) is 4.56. The second-order valence-electron chi connectivity index (χ2n) is 6.83. The molecule has 0 spiro atoms. The molecule has 0 fully saturated rings. The molecule has 0 atom stereocenters. The molecule has 0 saturated carbocycles. The number of carbonyl (C=O) groups is 1. The monoisotopic (exact) mass is 411 g/mol. The van der Waals surface area contributed by atoms with Gasteiger partial charge in [-0.25, -0.2) is 8.42 Å². The van der Waals surface area contributed by atoms with E-state index in [0.29, 0.717) is 11.1 Å². The first-order valence-electron chi connectivity index (χ1n) is 9.61. The number of carbonyl (C=O) groups excluding carboxylic acids is 1. The number of amidine groups is 1. The molecule has 1 aliphatic heterocycles. The van der Waals surface area contributed by atoms with E-state index in [2.05, 4.69) is 15.0 Å². The summed E-state index contributed by atoms with van der Waals surface area (Å²) in [6.07, 6.45) is 1.68. The zero-order chi connectivity index (χ0) is 21.0. The van der Waals surface area contributed by atoms with Gasteiger partial charge in [0.05, 0.1) is 0 Å². The average Bonchev–Trinajstić information content (AvgIpc) is 2.95. The first-order valence-corrected chi connectivity index (χ1v) is 11.1. The topological polar surface area (TPSA) is 87.6 Å². The highest BCUT2D eigenvalue weighted by atomic mass is 32.2. The zero-order valence-corrected chi connectivity index (χ0v) is 17.6. The fourth-order valence-electron chi connectivity index (χ4n) is 3.27. The maximum atomic E-state index is 12.6. The lowest BCUT2D eigenvalue weighted by molar-refractivity contribution is -0.114. The Hall–Kier alpha value is -2.93. The van der Waals surface area contributed by atoms with Crippen LogP contribution in [-0.2, 0) is 27.7 Å². The molecule has 7 heteroatoms. The molecule has 29 heavy (non-hydrogen) atoms. The average molecular weight is 412 g/mol. The van der Waals surface area contributed by atoms with Crippen LogP contribution in [0.1, 0.15) is 37.5 Å². The minimum Gasteiger partial charge on any atom is -0.324 e. The van der Waals surface area contributed by atoms with Crippen LogP contribution in [0.2, 0.25) is 0 Å². The summed E-state index contributed by atoms with van der Waals surface area (Å²) in [4.78, 5) is 16.7. The Bertz CT molecular complexity index is 1080. The Labute approximate surface area is 171 Å². The van der Waals surface area contributed by atoms with Gasteiger partial charge in [0.15, 0.2) is 0 Å². The molecule has 0 saturated heterocycles. The quantitative estimate of drug-likeness (QED) is 0.762. The SMILES string of the molecule is CCc1ccc(C2=C(C)C(=NCC(=O)Nc3ccccc3CC)NS2(=O)=O)cc1. The van der Waals surface area contributed by atoms with E-state index in [-0.39, 0.29) is 23.2 Å². The second kappa shape index (κ2) is 8.61. The summed E-state index contributed by atoms with van der Waals surface area (Å²) < 4.78 is 27.7. The molecule has 0 aromatic heterocycles. The van der Waals surface area contributed by atoms with E-state index in [9.17, 15) is 13.2 Å². The highest BCUT2D eigenvalue weighted by molar-refractivity contribution is 8.00. The summed E-state index contributed by atoms with van der Waals surface area (Å²) in [6.45, 7) is 5.59.